The van der Waals surface area contributed by atoms with Crippen molar-refractivity contribution >= 4 is 27.5 Å². The molecule has 3 heteroatoms. The molecule has 2 atom stereocenters. The van der Waals surface area contributed by atoms with E-state index in [0.29, 0.717) is 0 Å². The highest BCUT2D eigenvalue weighted by atomic mass is 15.2. The lowest BCUT2D eigenvalue weighted by atomic mass is 9.97. The van der Waals surface area contributed by atoms with Crippen LogP contribution in [0.1, 0.15) is 28.9 Å². The maximum Gasteiger partial charge on any atom is 0.104 e. The van der Waals surface area contributed by atoms with Crippen LogP contribution >= 0.6 is 0 Å². The molecule has 1 aliphatic rings. The second-order valence-electron chi connectivity index (χ2n) is 11.1. The van der Waals surface area contributed by atoms with Crippen LogP contribution in [-0.2, 0) is 0 Å². The topological polar surface area (TPSA) is 29.0 Å². The van der Waals surface area contributed by atoms with Gasteiger partial charge in [-0.15, -0.1) is 0 Å². The minimum absolute atomic E-state index is 0.0165. The van der Waals surface area contributed by atoms with Gasteiger partial charge in [0.2, 0.25) is 0 Å². The molecule has 43 heavy (non-hydrogen) atoms. The Balaban J connectivity index is 1.09. The van der Waals surface area contributed by atoms with Crippen LogP contribution in [0.4, 0.5) is 0 Å². The van der Waals surface area contributed by atoms with Gasteiger partial charge in [-0.25, -0.2) is 0 Å². The number of fused-ring (bicyclic) bond motifs is 3. The van der Waals surface area contributed by atoms with Crippen LogP contribution in [0.5, 0.6) is 0 Å². The van der Waals surface area contributed by atoms with Gasteiger partial charge in [0.1, 0.15) is 6.17 Å². The Labute approximate surface area is 251 Å². The van der Waals surface area contributed by atoms with Gasteiger partial charge >= 0.3 is 0 Å². The van der Waals surface area contributed by atoms with Crippen molar-refractivity contribution in [3.8, 4) is 16.8 Å². The average Bonchev–Trinajstić information content (AvgIpc) is 3.43. The first-order valence-corrected chi connectivity index (χ1v) is 14.9. The molecule has 8 rings (SSSR count). The smallest absolute Gasteiger partial charge is 0.104 e. The molecule has 2 heterocycles. The zero-order valence-corrected chi connectivity index (χ0v) is 23.7. The van der Waals surface area contributed by atoms with E-state index in [4.69, 9.17) is 0 Å². The van der Waals surface area contributed by atoms with Crippen LogP contribution in [0.2, 0.25) is 0 Å². The molecule has 0 aliphatic carbocycles. The fourth-order valence-corrected chi connectivity index (χ4v) is 6.34. The fourth-order valence-electron chi connectivity index (χ4n) is 6.34. The number of nitrogens with zero attached hydrogens (tertiary/aromatic N) is 1. The first-order valence-electron chi connectivity index (χ1n) is 14.9. The third-order valence-electron chi connectivity index (χ3n) is 8.51. The Kier molecular flexibility index (Phi) is 6.36. The first-order chi connectivity index (χ1) is 21.3. The molecule has 206 valence electrons. The number of aromatic nitrogens is 1. The van der Waals surface area contributed by atoms with E-state index in [0.717, 1.165) is 5.70 Å². The van der Waals surface area contributed by atoms with Crippen LogP contribution in [0.3, 0.4) is 0 Å². The normalized spacial score (nSPS) is 16.6. The molecule has 7 aromatic rings. The quantitative estimate of drug-likeness (QED) is 0.222. The first kappa shape index (κ1) is 25.3. The van der Waals surface area contributed by atoms with Crippen molar-refractivity contribution in [3.63, 3.8) is 0 Å². The third-order valence-corrected chi connectivity index (χ3v) is 8.51. The highest BCUT2D eigenvalue weighted by Gasteiger charge is 2.24. The van der Waals surface area contributed by atoms with E-state index in [9.17, 15) is 0 Å². The van der Waals surface area contributed by atoms with E-state index in [1.165, 1.54) is 55.3 Å². The summed E-state index contributed by atoms with van der Waals surface area (Å²) in [5.74, 6) is 0. The predicted octanol–water partition coefficient (Wildman–Crippen LogP) is 9.42. The summed E-state index contributed by atoms with van der Waals surface area (Å²) >= 11 is 0. The van der Waals surface area contributed by atoms with Crippen molar-refractivity contribution in [2.24, 2.45) is 0 Å². The monoisotopic (exact) mass is 553 g/mol. The molecule has 3 nitrogen and oxygen atoms in total. The summed E-state index contributed by atoms with van der Waals surface area (Å²) in [5, 5.41) is 10.1. The fraction of sp³-hybridized carbons (Fsp3) is 0.0500. The van der Waals surface area contributed by atoms with Gasteiger partial charge in [0, 0.05) is 22.2 Å². The second kappa shape index (κ2) is 10.8. The standard InChI is InChI=1S/C40H31N3/c1-3-11-30(12-4-1)36-27-37(31-13-5-2-6-14-31)42-40(41-36)32-21-19-28(20-22-32)29-23-25-33(26-24-29)43-38-17-9-7-15-34(38)35-16-8-10-18-39(35)43/h1-27,36,40-42H. The molecule has 1 aromatic heterocycles. The molecule has 1 aliphatic heterocycles. The largest absolute Gasteiger partial charge is 0.366 e. The zero-order chi connectivity index (χ0) is 28.6. The third kappa shape index (κ3) is 4.70. The number of para-hydroxylation sites is 2. The van der Waals surface area contributed by atoms with E-state index in [2.05, 4.69) is 179 Å². The minimum Gasteiger partial charge on any atom is -0.366 e. The van der Waals surface area contributed by atoms with Crippen molar-refractivity contribution in [1.29, 1.82) is 0 Å². The Morgan fingerprint density at radius 3 is 1.60 bits per heavy atom. The van der Waals surface area contributed by atoms with Gasteiger partial charge < -0.3 is 9.88 Å². The molecule has 0 spiro atoms. The minimum atomic E-state index is -0.0165. The SMILES string of the molecule is C1=C(c2ccccc2)NC(c2ccc(-c3ccc(-n4c5ccccc5c5ccccc54)cc3)cc2)NC1c1ccccc1. The lowest BCUT2D eigenvalue weighted by molar-refractivity contribution is 0.443. The molecule has 0 saturated carbocycles. The van der Waals surface area contributed by atoms with Gasteiger partial charge in [-0.3, -0.25) is 5.32 Å². The molecule has 0 amide bonds. The van der Waals surface area contributed by atoms with E-state index in [1.54, 1.807) is 0 Å². The second-order valence-corrected chi connectivity index (χ2v) is 11.1. The number of hydrogen-bond acceptors (Lipinski definition) is 2. The molecule has 0 radical (unpaired) electrons. The van der Waals surface area contributed by atoms with E-state index in [-0.39, 0.29) is 12.2 Å². The van der Waals surface area contributed by atoms with Gasteiger partial charge in [-0.05, 0) is 58.2 Å². The lowest BCUT2D eigenvalue weighted by Gasteiger charge is -2.33. The van der Waals surface area contributed by atoms with Gasteiger partial charge in [0.15, 0.2) is 0 Å². The summed E-state index contributed by atoms with van der Waals surface area (Å²) in [6.45, 7) is 0. The predicted molar refractivity (Wildman–Crippen MR) is 179 cm³/mol. The summed E-state index contributed by atoms with van der Waals surface area (Å²) < 4.78 is 2.36. The van der Waals surface area contributed by atoms with Gasteiger partial charge in [-0.2, -0.15) is 0 Å². The molecular formula is C40H31N3. The van der Waals surface area contributed by atoms with Crippen molar-refractivity contribution in [2.75, 3.05) is 0 Å². The average molecular weight is 554 g/mol. The van der Waals surface area contributed by atoms with Crippen LogP contribution < -0.4 is 10.6 Å². The summed E-state index contributed by atoms with van der Waals surface area (Å²) in [6, 6.07) is 56.4. The number of benzene rings is 6. The Hall–Kier alpha value is -5.38. The maximum absolute atomic E-state index is 3.81. The van der Waals surface area contributed by atoms with Crippen molar-refractivity contribution in [2.45, 2.75) is 12.2 Å². The van der Waals surface area contributed by atoms with E-state index >= 15 is 0 Å². The van der Waals surface area contributed by atoms with Crippen molar-refractivity contribution < 1.29 is 0 Å². The number of nitrogens with one attached hydrogen (secondary N) is 2. The summed E-state index contributed by atoms with van der Waals surface area (Å²) in [7, 11) is 0. The number of hydrogen-bond donors (Lipinski definition) is 2. The van der Waals surface area contributed by atoms with Crippen LogP contribution in [0, 0.1) is 0 Å². The van der Waals surface area contributed by atoms with Crippen LogP contribution in [0.25, 0.3) is 44.3 Å². The van der Waals surface area contributed by atoms with Crippen LogP contribution in [0.15, 0.2) is 164 Å². The zero-order valence-electron chi connectivity index (χ0n) is 23.7. The molecular weight excluding hydrogens is 522 g/mol. The Morgan fingerprint density at radius 2 is 0.977 bits per heavy atom. The molecule has 6 aromatic carbocycles. The Bertz CT molecular complexity index is 2000. The van der Waals surface area contributed by atoms with Gasteiger partial charge in [0.25, 0.3) is 0 Å². The van der Waals surface area contributed by atoms with Crippen molar-refractivity contribution in [1.82, 2.24) is 15.2 Å². The van der Waals surface area contributed by atoms with Crippen molar-refractivity contribution in [3.05, 3.63) is 180 Å². The highest BCUT2D eigenvalue weighted by molar-refractivity contribution is 6.09. The lowest BCUT2D eigenvalue weighted by Crippen LogP contribution is -2.39. The molecule has 0 saturated heterocycles. The maximum atomic E-state index is 3.81. The van der Waals surface area contributed by atoms with Gasteiger partial charge in [-0.1, -0.05) is 133 Å². The van der Waals surface area contributed by atoms with E-state index < -0.39 is 0 Å². The summed E-state index contributed by atoms with van der Waals surface area (Å²) in [4.78, 5) is 0. The molecule has 2 unspecified atom stereocenters. The van der Waals surface area contributed by atoms with Gasteiger partial charge in [0.05, 0.1) is 17.1 Å². The number of rotatable bonds is 5. The summed E-state index contributed by atoms with van der Waals surface area (Å²) in [5.41, 5.74) is 10.8. The molecule has 0 fully saturated rings. The highest BCUT2D eigenvalue weighted by Crippen LogP contribution is 2.33. The van der Waals surface area contributed by atoms with Crippen LogP contribution in [-0.4, -0.2) is 4.57 Å². The summed E-state index contributed by atoms with van der Waals surface area (Å²) in [6.07, 6.45) is 2.27. The molecule has 0 bridgehead atoms. The Morgan fingerprint density at radius 1 is 0.442 bits per heavy atom. The molecule has 2 N–H and O–H groups in total. The van der Waals surface area contributed by atoms with E-state index in [1.807, 2.05) is 0 Å².